The van der Waals surface area contributed by atoms with Gasteiger partial charge in [-0.2, -0.15) is 5.10 Å². The fourth-order valence-corrected chi connectivity index (χ4v) is 1.65. The van der Waals surface area contributed by atoms with E-state index < -0.39 is 0 Å². The zero-order chi connectivity index (χ0) is 12.1. The molecule has 0 saturated heterocycles. The third-order valence-electron chi connectivity index (χ3n) is 2.52. The van der Waals surface area contributed by atoms with Crippen LogP contribution in [0.3, 0.4) is 0 Å². The van der Waals surface area contributed by atoms with Crippen LogP contribution < -0.4 is 0 Å². The molecule has 4 heteroatoms. The highest BCUT2D eigenvalue weighted by Gasteiger charge is 2.09. The molecule has 0 radical (unpaired) electrons. The number of Topliss-reactive ketones (excluding diaryl/α,β-unsaturated/α-hetero) is 1. The van der Waals surface area contributed by atoms with E-state index in [-0.39, 0.29) is 5.78 Å². The Kier molecular flexibility index (Phi) is 3.65. The van der Waals surface area contributed by atoms with E-state index in [0.717, 1.165) is 18.5 Å². The third-order valence-corrected chi connectivity index (χ3v) is 2.52. The third kappa shape index (κ3) is 3.00. The zero-order valence-electron chi connectivity index (χ0n) is 9.84. The standard InChI is InChI=1S/C13H15N3O/c1-2-7-16-10-12(9-15-16)13(17)8-11-3-5-14-6-4-11/h3-6,9-10H,2,7-8H2,1H3. The van der Waals surface area contributed by atoms with E-state index >= 15 is 0 Å². The van der Waals surface area contributed by atoms with Gasteiger partial charge in [0.05, 0.1) is 11.8 Å². The molecule has 0 fully saturated rings. The average Bonchev–Trinajstić information content (AvgIpc) is 2.79. The van der Waals surface area contributed by atoms with Gasteiger partial charge >= 0.3 is 0 Å². The summed E-state index contributed by atoms with van der Waals surface area (Å²) in [5, 5.41) is 4.15. The van der Waals surface area contributed by atoms with Crippen molar-refractivity contribution in [2.75, 3.05) is 0 Å². The summed E-state index contributed by atoms with van der Waals surface area (Å²) in [4.78, 5) is 15.9. The minimum Gasteiger partial charge on any atom is -0.294 e. The number of aryl methyl sites for hydroxylation is 1. The van der Waals surface area contributed by atoms with Gasteiger partial charge in [-0.05, 0) is 24.1 Å². The lowest BCUT2D eigenvalue weighted by atomic mass is 10.1. The number of hydrogen-bond donors (Lipinski definition) is 0. The van der Waals surface area contributed by atoms with Gasteiger partial charge in [0, 0.05) is 31.6 Å². The van der Waals surface area contributed by atoms with Crippen LogP contribution in [0.4, 0.5) is 0 Å². The largest absolute Gasteiger partial charge is 0.294 e. The fourth-order valence-electron chi connectivity index (χ4n) is 1.65. The molecule has 0 atom stereocenters. The van der Waals surface area contributed by atoms with Crippen LogP contribution in [0.2, 0.25) is 0 Å². The number of carbonyl (C=O) groups excluding carboxylic acids is 1. The summed E-state index contributed by atoms with van der Waals surface area (Å²) in [6.07, 6.45) is 8.26. The highest BCUT2D eigenvalue weighted by Crippen LogP contribution is 2.06. The molecule has 0 aromatic carbocycles. The van der Waals surface area contributed by atoms with Crippen LogP contribution in [0, 0.1) is 0 Å². The maximum Gasteiger partial charge on any atom is 0.170 e. The van der Waals surface area contributed by atoms with Gasteiger partial charge in [0.1, 0.15) is 0 Å². The molecule has 88 valence electrons. The quantitative estimate of drug-likeness (QED) is 0.738. The maximum atomic E-state index is 12.0. The highest BCUT2D eigenvalue weighted by atomic mass is 16.1. The van der Waals surface area contributed by atoms with Crippen molar-refractivity contribution in [2.45, 2.75) is 26.3 Å². The van der Waals surface area contributed by atoms with Crippen LogP contribution in [0.25, 0.3) is 0 Å². The molecule has 0 N–H and O–H groups in total. The fraction of sp³-hybridized carbons (Fsp3) is 0.308. The van der Waals surface area contributed by atoms with Crippen molar-refractivity contribution in [3.05, 3.63) is 48.0 Å². The molecule has 0 saturated carbocycles. The summed E-state index contributed by atoms with van der Waals surface area (Å²) in [6.45, 7) is 2.93. The Labute approximate surface area is 100 Å². The number of hydrogen-bond acceptors (Lipinski definition) is 3. The second kappa shape index (κ2) is 5.39. The van der Waals surface area contributed by atoms with E-state index in [1.54, 1.807) is 23.3 Å². The van der Waals surface area contributed by atoms with Gasteiger partial charge in [0.15, 0.2) is 5.78 Å². The van der Waals surface area contributed by atoms with Crippen LogP contribution in [-0.2, 0) is 13.0 Å². The Morgan fingerprint density at radius 3 is 2.82 bits per heavy atom. The molecule has 4 nitrogen and oxygen atoms in total. The normalized spacial score (nSPS) is 10.4. The summed E-state index contributed by atoms with van der Waals surface area (Å²) >= 11 is 0. The molecule has 0 aliphatic rings. The summed E-state index contributed by atoms with van der Waals surface area (Å²) in [5.74, 6) is 0.0959. The Balaban J connectivity index is 2.04. The molecule has 2 aromatic heterocycles. The smallest absolute Gasteiger partial charge is 0.170 e. The molecule has 0 amide bonds. The van der Waals surface area contributed by atoms with Crippen molar-refractivity contribution in [2.24, 2.45) is 0 Å². The Hall–Kier alpha value is -1.97. The van der Waals surface area contributed by atoms with E-state index in [0.29, 0.717) is 12.0 Å². The Bertz CT molecular complexity index is 490. The van der Waals surface area contributed by atoms with E-state index in [1.165, 1.54) is 0 Å². The first-order valence-corrected chi connectivity index (χ1v) is 5.74. The predicted molar refractivity (Wildman–Crippen MR) is 64.8 cm³/mol. The summed E-state index contributed by atoms with van der Waals surface area (Å²) in [5.41, 5.74) is 1.66. The molecule has 17 heavy (non-hydrogen) atoms. The van der Waals surface area contributed by atoms with Crippen LogP contribution >= 0.6 is 0 Å². The van der Waals surface area contributed by atoms with Gasteiger partial charge in [0.25, 0.3) is 0 Å². The lowest BCUT2D eigenvalue weighted by Crippen LogP contribution is -2.02. The van der Waals surface area contributed by atoms with Crippen molar-refractivity contribution in [1.29, 1.82) is 0 Å². The van der Waals surface area contributed by atoms with Crippen LogP contribution in [0.15, 0.2) is 36.9 Å². The van der Waals surface area contributed by atoms with E-state index in [2.05, 4.69) is 17.0 Å². The first-order chi connectivity index (χ1) is 8.29. The van der Waals surface area contributed by atoms with Gasteiger partial charge < -0.3 is 0 Å². The highest BCUT2D eigenvalue weighted by molar-refractivity contribution is 5.97. The molecular formula is C13H15N3O. The molecule has 0 spiro atoms. The number of pyridine rings is 1. The molecule has 0 aliphatic carbocycles. The molecule has 0 bridgehead atoms. The zero-order valence-corrected chi connectivity index (χ0v) is 9.84. The van der Waals surface area contributed by atoms with Crippen molar-refractivity contribution in [3.63, 3.8) is 0 Å². The van der Waals surface area contributed by atoms with Crippen molar-refractivity contribution in [1.82, 2.24) is 14.8 Å². The van der Waals surface area contributed by atoms with Gasteiger partial charge in [-0.1, -0.05) is 6.92 Å². The van der Waals surface area contributed by atoms with Crippen LogP contribution in [0.1, 0.15) is 29.3 Å². The first-order valence-electron chi connectivity index (χ1n) is 5.74. The average molecular weight is 229 g/mol. The van der Waals surface area contributed by atoms with Crippen LogP contribution in [0.5, 0.6) is 0 Å². The predicted octanol–water partition coefficient (Wildman–Crippen LogP) is 2.11. The lowest BCUT2D eigenvalue weighted by Gasteiger charge is -1.98. The van der Waals surface area contributed by atoms with E-state index in [1.807, 2.05) is 18.3 Å². The molecule has 2 heterocycles. The Morgan fingerprint density at radius 1 is 1.35 bits per heavy atom. The minimum atomic E-state index is 0.0959. The van der Waals surface area contributed by atoms with E-state index in [4.69, 9.17) is 0 Å². The van der Waals surface area contributed by atoms with Gasteiger partial charge in [0.2, 0.25) is 0 Å². The van der Waals surface area contributed by atoms with Gasteiger partial charge in [-0.3, -0.25) is 14.5 Å². The van der Waals surface area contributed by atoms with Crippen molar-refractivity contribution >= 4 is 5.78 Å². The molecule has 2 rings (SSSR count). The Morgan fingerprint density at radius 2 is 2.12 bits per heavy atom. The van der Waals surface area contributed by atoms with Crippen LogP contribution in [-0.4, -0.2) is 20.5 Å². The monoisotopic (exact) mass is 229 g/mol. The molecule has 0 aliphatic heterocycles. The van der Waals surface area contributed by atoms with Crippen molar-refractivity contribution < 1.29 is 4.79 Å². The summed E-state index contributed by atoms with van der Waals surface area (Å²) < 4.78 is 1.81. The van der Waals surface area contributed by atoms with E-state index in [9.17, 15) is 4.79 Å². The van der Waals surface area contributed by atoms with Gasteiger partial charge in [-0.25, -0.2) is 0 Å². The minimum absolute atomic E-state index is 0.0959. The molecule has 0 unspecified atom stereocenters. The van der Waals surface area contributed by atoms with Gasteiger partial charge in [-0.15, -0.1) is 0 Å². The number of carbonyl (C=O) groups is 1. The second-order valence-corrected chi connectivity index (χ2v) is 3.95. The molecule has 2 aromatic rings. The van der Waals surface area contributed by atoms with Crippen molar-refractivity contribution in [3.8, 4) is 0 Å². The lowest BCUT2D eigenvalue weighted by molar-refractivity contribution is 0.0993. The molecular weight excluding hydrogens is 214 g/mol. The summed E-state index contributed by atoms with van der Waals surface area (Å²) in [6, 6.07) is 3.71. The summed E-state index contributed by atoms with van der Waals surface area (Å²) in [7, 11) is 0. The number of nitrogens with zero attached hydrogens (tertiary/aromatic N) is 3. The SMILES string of the molecule is CCCn1cc(C(=O)Cc2ccncc2)cn1. The number of rotatable bonds is 5. The number of aromatic nitrogens is 3. The first kappa shape index (κ1) is 11.5. The topological polar surface area (TPSA) is 47.8 Å². The number of ketones is 1. The maximum absolute atomic E-state index is 12.0. The second-order valence-electron chi connectivity index (χ2n) is 3.95.